The molecule has 0 aliphatic heterocycles. The largest absolute Gasteiger partial charge is 0.383 e. The van der Waals surface area contributed by atoms with E-state index in [1.165, 1.54) is 6.33 Å². The van der Waals surface area contributed by atoms with Crippen LogP contribution in [-0.4, -0.2) is 14.5 Å². The molecule has 0 saturated heterocycles. The van der Waals surface area contributed by atoms with Gasteiger partial charge in [0.1, 0.15) is 17.8 Å². The molecule has 2 rings (SSSR count). The number of nitrogens with two attached hydrogens (primary N) is 1. The lowest BCUT2D eigenvalue weighted by atomic mass is 10.4. The third-order valence-corrected chi connectivity index (χ3v) is 1.69. The van der Waals surface area contributed by atoms with E-state index in [1.54, 1.807) is 6.08 Å². The highest BCUT2D eigenvalue weighted by Gasteiger charge is 2.01. The van der Waals surface area contributed by atoms with Crippen LogP contribution in [0.25, 0.3) is 11.0 Å². The molecule has 0 amide bonds. The third-order valence-electron chi connectivity index (χ3n) is 1.69. The zero-order valence-corrected chi connectivity index (χ0v) is 10.4. The molecule has 16 heavy (non-hydrogen) atoms. The van der Waals surface area contributed by atoms with Crippen molar-refractivity contribution in [1.82, 2.24) is 14.5 Å². The van der Waals surface area contributed by atoms with Gasteiger partial charge in [-0.1, -0.05) is 19.9 Å². The monoisotopic (exact) mass is 220 g/mol. The smallest absolute Gasteiger partial charge is 0.145 e. The van der Waals surface area contributed by atoms with E-state index in [0.717, 1.165) is 11.0 Å². The van der Waals surface area contributed by atoms with E-state index in [-0.39, 0.29) is 0 Å². The lowest BCUT2D eigenvalue weighted by Gasteiger charge is -1.94. The number of nitrogen functional groups attached to an aromatic ring is 1. The molecule has 4 nitrogen and oxygen atoms in total. The molecule has 0 unspecified atom stereocenters. The van der Waals surface area contributed by atoms with E-state index < -0.39 is 0 Å². The highest BCUT2D eigenvalue weighted by molar-refractivity contribution is 5.85. The summed E-state index contributed by atoms with van der Waals surface area (Å²) in [6.07, 6.45) is 5.13. The number of hydrogen-bond acceptors (Lipinski definition) is 3. The molecule has 88 valence electrons. The molecular weight excluding hydrogens is 200 g/mol. The number of rotatable bonds is 0. The maximum absolute atomic E-state index is 5.61. The Hall–Kier alpha value is -1.84. The molecule has 2 N–H and O–H groups in total. The molecule has 0 fully saturated rings. The predicted octanol–water partition coefficient (Wildman–Crippen LogP) is 2.77. The van der Waals surface area contributed by atoms with Crippen LogP contribution in [0.15, 0.2) is 31.2 Å². The van der Waals surface area contributed by atoms with Crippen LogP contribution in [0.2, 0.25) is 0 Å². The Kier molecular flexibility index (Phi) is 6.59. The van der Waals surface area contributed by atoms with E-state index in [2.05, 4.69) is 16.5 Å². The molecule has 2 heterocycles. The van der Waals surface area contributed by atoms with Crippen molar-refractivity contribution in [3.8, 4) is 0 Å². The third kappa shape index (κ3) is 3.38. The number of hydrogen-bond donors (Lipinski definition) is 1. The molecule has 0 atom stereocenters. The van der Waals surface area contributed by atoms with Gasteiger partial charge in [-0.2, -0.15) is 0 Å². The van der Waals surface area contributed by atoms with E-state index in [1.807, 2.05) is 44.6 Å². The molecule has 0 aliphatic carbocycles. The predicted molar refractivity (Wildman–Crippen MR) is 70.1 cm³/mol. The van der Waals surface area contributed by atoms with Gasteiger partial charge >= 0.3 is 0 Å². The van der Waals surface area contributed by atoms with Crippen LogP contribution in [0.4, 0.5) is 5.82 Å². The Morgan fingerprint density at radius 1 is 1.38 bits per heavy atom. The normalized spacial score (nSPS) is 8.50. The number of anilines is 1. The van der Waals surface area contributed by atoms with Crippen molar-refractivity contribution in [2.45, 2.75) is 20.8 Å². The fourth-order valence-electron chi connectivity index (χ4n) is 1.10. The first-order valence-electron chi connectivity index (χ1n) is 5.29. The highest BCUT2D eigenvalue weighted by Crippen LogP contribution is 2.15. The first-order valence-corrected chi connectivity index (χ1v) is 5.29. The summed E-state index contributed by atoms with van der Waals surface area (Å²) in [6.45, 7) is 9.25. The van der Waals surface area contributed by atoms with E-state index in [4.69, 9.17) is 5.73 Å². The van der Waals surface area contributed by atoms with Crippen molar-refractivity contribution in [3.63, 3.8) is 0 Å². The van der Waals surface area contributed by atoms with Crippen molar-refractivity contribution in [2.75, 3.05) is 5.73 Å². The van der Waals surface area contributed by atoms with Crippen molar-refractivity contribution in [2.24, 2.45) is 7.05 Å². The topological polar surface area (TPSA) is 56.7 Å². The fourth-order valence-corrected chi connectivity index (χ4v) is 1.10. The zero-order chi connectivity index (χ0) is 12.6. The van der Waals surface area contributed by atoms with Gasteiger partial charge in [0, 0.05) is 13.2 Å². The molecule has 2 aromatic rings. The van der Waals surface area contributed by atoms with Gasteiger partial charge in [0.15, 0.2) is 0 Å². The molecule has 0 bridgehead atoms. The Bertz CT molecular complexity index is 432. The maximum atomic E-state index is 5.61. The second-order valence-electron chi connectivity index (χ2n) is 2.83. The Labute approximate surface area is 96.8 Å². The van der Waals surface area contributed by atoms with Crippen molar-refractivity contribution in [1.29, 1.82) is 0 Å². The Morgan fingerprint density at radius 3 is 2.44 bits per heavy atom. The Morgan fingerprint density at radius 2 is 1.94 bits per heavy atom. The number of aryl methyl sites for hydroxylation is 1. The minimum Gasteiger partial charge on any atom is -0.383 e. The van der Waals surface area contributed by atoms with Gasteiger partial charge in [0.05, 0.1) is 5.39 Å². The first kappa shape index (κ1) is 14.2. The van der Waals surface area contributed by atoms with Gasteiger partial charge in [-0.25, -0.2) is 9.97 Å². The van der Waals surface area contributed by atoms with Gasteiger partial charge in [-0.05, 0) is 13.0 Å². The zero-order valence-electron chi connectivity index (χ0n) is 10.4. The van der Waals surface area contributed by atoms with Gasteiger partial charge in [0.2, 0.25) is 0 Å². The molecule has 0 radical (unpaired) electrons. The van der Waals surface area contributed by atoms with Crippen molar-refractivity contribution >= 4 is 16.9 Å². The summed E-state index contributed by atoms with van der Waals surface area (Å²) in [4.78, 5) is 7.95. The molecule has 0 aromatic carbocycles. The summed E-state index contributed by atoms with van der Waals surface area (Å²) >= 11 is 0. The number of nitrogens with zero attached hydrogens (tertiary/aromatic N) is 3. The lowest BCUT2D eigenvalue weighted by Crippen LogP contribution is -1.93. The number of allylic oxidation sites excluding steroid dienone is 1. The SMILES string of the molecule is C=CC.CC.Cn1ccc2c(N)ncnc21. The minimum absolute atomic E-state index is 0.538. The van der Waals surface area contributed by atoms with Crippen LogP contribution < -0.4 is 5.73 Å². The van der Waals surface area contributed by atoms with E-state index >= 15 is 0 Å². The van der Waals surface area contributed by atoms with E-state index in [9.17, 15) is 0 Å². The fraction of sp³-hybridized carbons (Fsp3) is 0.333. The molecule has 4 heteroatoms. The second-order valence-corrected chi connectivity index (χ2v) is 2.83. The number of aromatic nitrogens is 3. The molecule has 0 aliphatic rings. The van der Waals surface area contributed by atoms with Crippen LogP contribution >= 0.6 is 0 Å². The van der Waals surface area contributed by atoms with Crippen LogP contribution in [0.5, 0.6) is 0 Å². The van der Waals surface area contributed by atoms with Crippen LogP contribution in [0, 0.1) is 0 Å². The minimum atomic E-state index is 0.538. The standard InChI is InChI=1S/C7H8N4.C3H6.C2H6/c1-11-3-2-5-6(8)9-4-10-7(5)11;1-3-2;1-2/h2-4H,1H3,(H2,8,9,10);3H,1H2,2H3;1-2H3. The second kappa shape index (κ2) is 7.45. The molecular formula is C12H20N4. The summed E-state index contributed by atoms with van der Waals surface area (Å²) in [5.41, 5.74) is 6.48. The van der Waals surface area contributed by atoms with Crippen molar-refractivity contribution < 1.29 is 0 Å². The summed E-state index contributed by atoms with van der Waals surface area (Å²) in [5, 5.41) is 0.912. The van der Waals surface area contributed by atoms with Crippen LogP contribution in [0.1, 0.15) is 20.8 Å². The van der Waals surface area contributed by atoms with Gasteiger partial charge in [-0.15, -0.1) is 6.58 Å². The average Bonchev–Trinajstić information content (AvgIpc) is 2.66. The van der Waals surface area contributed by atoms with E-state index in [0.29, 0.717) is 5.82 Å². The first-order chi connectivity index (χ1) is 7.70. The molecule has 0 spiro atoms. The van der Waals surface area contributed by atoms with Gasteiger partial charge in [-0.3, -0.25) is 0 Å². The maximum Gasteiger partial charge on any atom is 0.145 e. The molecule has 2 aromatic heterocycles. The summed E-state index contributed by atoms with van der Waals surface area (Å²) < 4.78 is 1.91. The lowest BCUT2D eigenvalue weighted by molar-refractivity contribution is 0.944. The quantitative estimate of drug-likeness (QED) is 0.694. The summed E-state index contributed by atoms with van der Waals surface area (Å²) in [7, 11) is 1.93. The number of fused-ring (bicyclic) bond motifs is 1. The van der Waals surface area contributed by atoms with Crippen molar-refractivity contribution in [3.05, 3.63) is 31.2 Å². The highest BCUT2D eigenvalue weighted by atomic mass is 15.0. The van der Waals surface area contributed by atoms with Crippen LogP contribution in [-0.2, 0) is 7.05 Å². The van der Waals surface area contributed by atoms with Gasteiger partial charge < -0.3 is 10.3 Å². The average molecular weight is 220 g/mol. The van der Waals surface area contributed by atoms with Gasteiger partial charge in [0.25, 0.3) is 0 Å². The Balaban J connectivity index is 0.000000394. The van der Waals surface area contributed by atoms with Crippen LogP contribution in [0.3, 0.4) is 0 Å². The summed E-state index contributed by atoms with van der Waals surface area (Å²) in [5.74, 6) is 0.538. The summed E-state index contributed by atoms with van der Waals surface area (Å²) in [6, 6.07) is 1.91. The molecule has 0 saturated carbocycles.